The van der Waals surface area contributed by atoms with Crippen LogP contribution < -0.4 is 8.37 Å². The van der Waals surface area contributed by atoms with Gasteiger partial charge in [-0.1, -0.05) is 60.7 Å². The number of hydrogen-bond donors (Lipinski definition) is 0. The Morgan fingerprint density at radius 2 is 0.784 bits per heavy atom. The first kappa shape index (κ1) is 33.9. The fraction of sp³-hybridized carbons (Fsp3) is 0.0270. The highest BCUT2D eigenvalue weighted by molar-refractivity contribution is 7.87. The number of benzene rings is 6. The van der Waals surface area contributed by atoms with Gasteiger partial charge in [0.15, 0.2) is 23.3 Å². The van der Waals surface area contributed by atoms with Crippen LogP contribution in [0, 0.1) is 34.9 Å². The van der Waals surface area contributed by atoms with Gasteiger partial charge in [0.25, 0.3) is 0 Å². The van der Waals surface area contributed by atoms with Gasteiger partial charge in [-0.2, -0.15) is 16.8 Å². The van der Waals surface area contributed by atoms with E-state index in [-0.39, 0.29) is 11.1 Å². The maximum atomic E-state index is 16.0. The predicted molar refractivity (Wildman–Crippen MR) is 172 cm³/mol. The summed E-state index contributed by atoms with van der Waals surface area (Å²) in [6.07, 6.45) is 0. The van der Waals surface area contributed by atoms with Crippen LogP contribution in [0.3, 0.4) is 0 Å². The number of hydrogen-bond acceptors (Lipinski definition) is 6. The zero-order chi connectivity index (χ0) is 36.3. The number of rotatable bonds is 8. The Labute approximate surface area is 287 Å². The molecule has 51 heavy (non-hydrogen) atoms. The Bertz CT molecular complexity index is 2380. The first-order valence-corrected chi connectivity index (χ1v) is 17.6. The first-order chi connectivity index (χ1) is 24.2. The van der Waals surface area contributed by atoms with E-state index in [1.54, 1.807) is 48.5 Å². The van der Waals surface area contributed by atoms with Gasteiger partial charge in [0.05, 0.1) is 5.41 Å². The lowest BCUT2D eigenvalue weighted by Crippen LogP contribution is -2.30. The molecular weight excluding hydrogens is 719 g/mol. The van der Waals surface area contributed by atoms with Gasteiger partial charge >= 0.3 is 20.2 Å². The molecule has 258 valence electrons. The van der Waals surface area contributed by atoms with Crippen LogP contribution in [0.5, 0.6) is 11.5 Å². The lowest BCUT2D eigenvalue weighted by Gasteiger charge is -2.34. The third-order valence-electron chi connectivity index (χ3n) is 8.37. The number of halogens is 6. The fourth-order valence-electron chi connectivity index (χ4n) is 6.30. The quantitative estimate of drug-likeness (QED) is 0.115. The fourth-order valence-corrected chi connectivity index (χ4v) is 8.25. The Hall–Kier alpha value is -5.60. The molecule has 7 rings (SSSR count). The Kier molecular flexibility index (Phi) is 8.18. The summed E-state index contributed by atoms with van der Waals surface area (Å²) in [4.78, 5) is -1.43. The van der Waals surface area contributed by atoms with Crippen molar-refractivity contribution in [3.63, 3.8) is 0 Å². The molecule has 0 atom stereocenters. The van der Waals surface area contributed by atoms with E-state index in [9.17, 15) is 25.6 Å². The third kappa shape index (κ3) is 5.69. The van der Waals surface area contributed by atoms with Crippen LogP contribution in [0.2, 0.25) is 0 Å². The largest absolute Gasteiger partial charge is 0.373 e. The van der Waals surface area contributed by atoms with Crippen molar-refractivity contribution >= 4 is 20.2 Å². The second kappa shape index (κ2) is 12.3. The highest BCUT2D eigenvalue weighted by atomic mass is 32.2. The molecule has 0 fully saturated rings. The van der Waals surface area contributed by atoms with Gasteiger partial charge in [0, 0.05) is 0 Å². The molecule has 0 amide bonds. The van der Waals surface area contributed by atoms with Gasteiger partial charge in [-0.05, 0) is 94.0 Å². The van der Waals surface area contributed by atoms with Crippen LogP contribution in [-0.4, -0.2) is 16.8 Å². The minimum Gasteiger partial charge on any atom is -0.373 e. The van der Waals surface area contributed by atoms with Gasteiger partial charge in [-0.15, -0.1) is 0 Å². The molecule has 14 heteroatoms. The SMILES string of the molecule is O=S(=O)(Oc1c(F)cc(C2(c3cc(F)c(OS(=O)(=O)c4cccc(F)c4)c(F)c3)c3ccccc3-c3ccccc32)cc1F)c1cccc(F)c1. The summed E-state index contributed by atoms with van der Waals surface area (Å²) < 4.78 is 152. The van der Waals surface area contributed by atoms with Crippen LogP contribution in [-0.2, 0) is 25.7 Å². The average molecular weight is 739 g/mol. The molecule has 0 aromatic heterocycles. The third-order valence-corrected chi connectivity index (χ3v) is 10.8. The highest BCUT2D eigenvalue weighted by Crippen LogP contribution is 2.57. The van der Waals surface area contributed by atoms with E-state index in [0.29, 0.717) is 34.4 Å². The summed E-state index contributed by atoms with van der Waals surface area (Å²) in [6, 6.07) is 23.2. The van der Waals surface area contributed by atoms with Crippen LogP contribution in [0.1, 0.15) is 22.3 Å². The Morgan fingerprint density at radius 1 is 0.431 bits per heavy atom. The zero-order valence-electron chi connectivity index (χ0n) is 25.6. The molecule has 0 saturated carbocycles. The molecule has 1 aliphatic rings. The van der Waals surface area contributed by atoms with Crippen molar-refractivity contribution in [3.8, 4) is 22.6 Å². The first-order valence-electron chi connectivity index (χ1n) is 14.8. The maximum absolute atomic E-state index is 16.0. The maximum Gasteiger partial charge on any atom is 0.339 e. The van der Waals surface area contributed by atoms with Crippen LogP contribution >= 0.6 is 0 Å². The van der Waals surface area contributed by atoms with Crippen LogP contribution in [0.25, 0.3) is 11.1 Å². The van der Waals surface area contributed by atoms with Crippen molar-refractivity contribution in [2.75, 3.05) is 0 Å². The van der Waals surface area contributed by atoms with E-state index >= 15 is 17.6 Å². The molecule has 6 nitrogen and oxygen atoms in total. The molecule has 0 aliphatic heterocycles. The molecule has 0 heterocycles. The Balaban J connectivity index is 1.42. The van der Waals surface area contributed by atoms with E-state index in [1.807, 2.05) is 0 Å². The summed E-state index contributed by atoms with van der Waals surface area (Å²) in [7, 11) is -9.87. The van der Waals surface area contributed by atoms with Gasteiger partial charge in [0.1, 0.15) is 21.4 Å². The van der Waals surface area contributed by atoms with E-state index in [2.05, 4.69) is 0 Å². The molecule has 0 bridgehead atoms. The van der Waals surface area contributed by atoms with E-state index in [0.717, 1.165) is 60.7 Å². The standard InChI is InChI=1S/C37H20F6O6S2/c38-23-7-5-9-25(19-23)50(44,45)48-35-31(40)15-21(16-32(35)41)37(29-13-3-1-11-27(29)28-12-2-4-14-30(28)37)22-17-33(42)36(34(43)18-22)49-51(46,47)26-10-6-8-24(39)20-26/h1-20H. The molecular formula is C37H20F6O6S2. The lowest BCUT2D eigenvalue weighted by atomic mass is 9.67. The van der Waals surface area contributed by atoms with E-state index in [1.165, 1.54) is 0 Å². The van der Waals surface area contributed by atoms with Crippen molar-refractivity contribution in [2.24, 2.45) is 0 Å². The lowest BCUT2D eigenvalue weighted by molar-refractivity contribution is 0.429. The molecule has 0 unspecified atom stereocenters. The summed E-state index contributed by atoms with van der Waals surface area (Å²) >= 11 is 0. The minimum atomic E-state index is -4.93. The molecule has 6 aromatic rings. The Morgan fingerprint density at radius 3 is 1.14 bits per heavy atom. The zero-order valence-corrected chi connectivity index (χ0v) is 27.2. The van der Waals surface area contributed by atoms with Crippen molar-refractivity contribution < 1.29 is 51.5 Å². The number of fused-ring (bicyclic) bond motifs is 3. The second-order valence-electron chi connectivity index (χ2n) is 11.4. The summed E-state index contributed by atoms with van der Waals surface area (Å²) in [5.74, 6) is -10.7. The van der Waals surface area contributed by atoms with Gasteiger partial charge < -0.3 is 8.37 Å². The summed E-state index contributed by atoms with van der Waals surface area (Å²) in [5.41, 5.74) is -0.737. The van der Waals surface area contributed by atoms with Crippen molar-refractivity contribution in [1.29, 1.82) is 0 Å². The predicted octanol–water partition coefficient (Wildman–Crippen LogP) is 8.42. The molecule has 0 saturated heterocycles. The summed E-state index contributed by atoms with van der Waals surface area (Å²) in [5, 5.41) is 0. The van der Waals surface area contributed by atoms with Crippen LogP contribution in [0.4, 0.5) is 26.3 Å². The van der Waals surface area contributed by atoms with Crippen molar-refractivity contribution in [1.82, 2.24) is 0 Å². The highest BCUT2D eigenvalue weighted by Gasteiger charge is 2.48. The molecule has 0 N–H and O–H groups in total. The average Bonchev–Trinajstić information content (AvgIpc) is 3.39. The molecule has 0 radical (unpaired) electrons. The molecule has 1 aliphatic carbocycles. The van der Waals surface area contributed by atoms with Crippen LogP contribution in [0.15, 0.2) is 131 Å². The van der Waals surface area contributed by atoms with Gasteiger partial charge in [-0.3, -0.25) is 0 Å². The second-order valence-corrected chi connectivity index (χ2v) is 14.5. The summed E-state index contributed by atoms with van der Waals surface area (Å²) in [6.45, 7) is 0. The smallest absolute Gasteiger partial charge is 0.339 e. The van der Waals surface area contributed by atoms with Crippen molar-refractivity contribution in [3.05, 3.63) is 178 Å². The van der Waals surface area contributed by atoms with Crippen molar-refractivity contribution in [2.45, 2.75) is 15.2 Å². The molecule has 0 spiro atoms. The topological polar surface area (TPSA) is 86.7 Å². The van der Waals surface area contributed by atoms with E-state index in [4.69, 9.17) is 8.37 Å². The van der Waals surface area contributed by atoms with Gasteiger partial charge in [0.2, 0.25) is 11.5 Å². The van der Waals surface area contributed by atoms with Gasteiger partial charge in [-0.25, -0.2) is 26.3 Å². The minimum absolute atomic E-state index is 0.259. The monoisotopic (exact) mass is 738 g/mol. The molecule has 6 aromatic carbocycles. The van der Waals surface area contributed by atoms with E-state index < -0.39 is 81.8 Å². The normalized spacial score (nSPS) is 13.4.